The molecule has 4 aromatic carbocycles. The van der Waals surface area contributed by atoms with Gasteiger partial charge in [-0.2, -0.15) is 0 Å². The molecule has 0 heteroatoms. The fourth-order valence-corrected chi connectivity index (χ4v) is 7.56. The van der Waals surface area contributed by atoms with Crippen molar-refractivity contribution in [3.05, 3.63) is 118 Å². The van der Waals surface area contributed by atoms with E-state index in [1.165, 1.54) is 62.5 Å². The molecule has 3 atom stereocenters. The number of hydrogen-bond acceptors (Lipinski definition) is 0. The van der Waals surface area contributed by atoms with Crippen LogP contribution in [0.5, 0.6) is 0 Å². The summed E-state index contributed by atoms with van der Waals surface area (Å²) < 4.78 is 0. The minimum Gasteiger partial charge on any atom is -0.0654 e. The molecular weight excluding hydrogens is 456 g/mol. The summed E-state index contributed by atoms with van der Waals surface area (Å²) in [5.41, 5.74) is 15.4. The van der Waals surface area contributed by atoms with Crippen molar-refractivity contribution < 1.29 is 0 Å². The lowest BCUT2D eigenvalue weighted by Crippen LogP contribution is -2.15. The second-order valence-corrected chi connectivity index (χ2v) is 11.6. The van der Waals surface area contributed by atoms with Crippen LogP contribution in [-0.2, 0) is 12.8 Å². The molecule has 0 nitrogen and oxygen atoms in total. The molecule has 0 radical (unpaired) electrons. The Bertz CT molecular complexity index is 1420. The summed E-state index contributed by atoms with van der Waals surface area (Å²) >= 11 is 0. The van der Waals surface area contributed by atoms with Gasteiger partial charge in [-0.3, -0.25) is 0 Å². The second kappa shape index (κ2) is 10.9. The van der Waals surface area contributed by atoms with Crippen LogP contribution in [-0.4, -0.2) is 0 Å². The summed E-state index contributed by atoms with van der Waals surface area (Å²) in [6.45, 7) is 7.03. The van der Waals surface area contributed by atoms with Crippen molar-refractivity contribution in [3.63, 3.8) is 0 Å². The molecule has 2 aliphatic carbocycles. The number of aryl methyl sites for hydroxylation is 2. The van der Waals surface area contributed by atoms with Crippen LogP contribution in [0.2, 0.25) is 0 Å². The van der Waals surface area contributed by atoms with Gasteiger partial charge in [-0.1, -0.05) is 125 Å². The standard InChI is InChI=1S/C38H42/c1-4-7-15-27-17-13-23-33-35(29-19-9-10-20-30(29)37(27)33)25-26(6-3)36-31-21-11-12-22-32(31)38-28(16-8-5-2)18-14-24-34(36)38/h9-14,17-24,26,35-36H,4-8,15-16,25H2,1-3H3. The third kappa shape index (κ3) is 4.23. The lowest BCUT2D eigenvalue weighted by Gasteiger charge is -2.28. The van der Waals surface area contributed by atoms with E-state index < -0.39 is 0 Å². The molecule has 0 spiro atoms. The molecular formula is C38H42. The van der Waals surface area contributed by atoms with Crippen molar-refractivity contribution in [2.45, 2.75) is 84.0 Å². The van der Waals surface area contributed by atoms with E-state index in [1.54, 1.807) is 44.5 Å². The Labute approximate surface area is 230 Å². The van der Waals surface area contributed by atoms with Crippen molar-refractivity contribution in [3.8, 4) is 22.3 Å². The van der Waals surface area contributed by atoms with Crippen LogP contribution in [0.1, 0.15) is 105 Å². The number of unbranched alkanes of at least 4 members (excludes halogenated alkanes) is 2. The number of hydrogen-bond donors (Lipinski definition) is 0. The Morgan fingerprint density at radius 3 is 1.71 bits per heavy atom. The van der Waals surface area contributed by atoms with Crippen molar-refractivity contribution in [1.29, 1.82) is 0 Å². The predicted octanol–water partition coefficient (Wildman–Crippen LogP) is 10.7. The normalized spacial score (nSPS) is 17.6. The first-order valence-corrected chi connectivity index (χ1v) is 15.2. The highest BCUT2D eigenvalue weighted by Gasteiger charge is 2.38. The van der Waals surface area contributed by atoms with Gasteiger partial charge in [-0.25, -0.2) is 0 Å². The molecule has 0 aliphatic heterocycles. The van der Waals surface area contributed by atoms with Crippen molar-refractivity contribution in [2.75, 3.05) is 0 Å². The highest BCUT2D eigenvalue weighted by Crippen LogP contribution is 2.55. The molecule has 0 bridgehead atoms. The third-order valence-corrected chi connectivity index (χ3v) is 9.38. The van der Waals surface area contributed by atoms with Crippen LogP contribution >= 0.6 is 0 Å². The Hall–Kier alpha value is -3.12. The van der Waals surface area contributed by atoms with Gasteiger partial charge in [-0.15, -0.1) is 0 Å². The van der Waals surface area contributed by atoms with E-state index in [9.17, 15) is 0 Å². The van der Waals surface area contributed by atoms with E-state index in [2.05, 4.69) is 106 Å². The van der Waals surface area contributed by atoms with Gasteiger partial charge in [0.2, 0.25) is 0 Å². The zero-order chi connectivity index (χ0) is 26.1. The topological polar surface area (TPSA) is 0 Å². The molecule has 0 heterocycles. The van der Waals surface area contributed by atoms with Gasteiger partial charge in [-0.05, 0) is 93.7 Å². The van der Waals surface area contributed by atoms with E-state index >= 15 is 0 Å². The summed E-state index contributed by atoms with van der Waals surface area (Å²) in [6, 6.07) is 32.9. The van der Waals surface area contributed by atoms with Crippen LogP contribution in [0.25, 0.3) is 22.3 Å². The van der Waals surface area contributed by atoms with Gasteiger partial charge in [0.15, 0.2) is 0 Å². The third-order valence-electron chi connectivity index (χ3n) is 9.38. The first-order valence-electron chi connectivity index (χ1n) is 15.2. The number of benzene rings is 4. The van der Waals surface area contributed by atoms with E-state index in [0.717, 1.165) is 0 Å². The van der Waals surface area contributed by atoms with Crippen LogP contribution in [0.4, 0.5) is 0 Å². The minimum atomic E-state index is 0.479. The maximum absolute atomic E-state index is 2.44. The van der Waals surface area contributed by atoms with Gasteiger partial charge >= 0.3 is 0 Å². The van der Waals surface area contributed by atoms with Gasteiger partial charge in [0, 0.05) is 11.8 Å². The molecule has 0 aromatic heterocycles. The van der Waals surface area contributed by atoms with Gasteiger partial charge < -0.3 is 0 Å². The second-order valence-electron chi connectivity index (χ2n) is 11.6. The average molecular weight is 499 g/mol. The molecule has 0 saturated carbocycles. The molecule has 38 heavy (non-hydrogen) atoms. The maximum atomic E-state index is 2.44. The molecule has 4 aromatic rings. The smallest absolute Gasteiger partial charge is 0.0130 e. The SMILES string of the molecule is CCCCc1cccc2c1-c1ccccc1C2CC(CC)C1c2ccccc2-c2c(CCCC)cccc21. The summed E-state index contributed by atoms with van der Waals surface area (Å²) in [7, 11) is 0. The highest BCUT2D eigenvalue weighted by atomic mass is 14.4. The number of fused-ring (bicyclic) bond motifs is 6. The molecule has 194 valence electrons. The molecule has 6 rings (SSSR count). The Kier molecular flexibility index (Phi) is 7.24. The van der Waals surface area contributed by atoms with Crippen LogP contribution in [0.15, 0.2) is 84.9 Å². The van der Waals surface area contributed by atoms with Gasteiger partial charge in [0.25, 0.3) is 0 Å². The van der Waals surface area contributed by atoms with Crippen LogP contribution in [0, 0.1) is 5.92 Å². The van der Waals surface area contributed by atoms with Gasteiger partial charge in [0.1, 0.15) is 0 Å². The molecule has 0 amide bonds. The van der Waals surface area contributed by atoms with E-state index in [1.807, 2.05) is 0 Å². The van der Waals surface area contributed by atoms with Gasteiger partial charge in [0.05, 0.1) is 0 Å². The summed E-state index contributed by atoms with van der Waals surface area (Å²) in [5.74, 6) is 1.56. The van der Waals surface area contributed by atoms with E-state index in [-0.39, 0.29) is 0 Å². The number of rotatable bonds is 10. The van der Waals surface area contributed by atoms with Crippen molar-refractivity contribution in [1.82, 2.24) is 0 Å². The fourth-order valence-electron chi connectivity index (χ4n) is 7.56. The Morgan fingerprint density at radius 2 is 1.08 bits per heavy atom. The summed E-state index contributed by atoms with van der Waals surface area (Å²) in [4.78, 5) is 0. The summed E-state index contributed by atoms with van der Waals surface area (Å²) in [5, 5.41) is 0. The Balaban J connectivity index is 1.42. The van der Waals surface area contributed by atoms with E-state index in [0.29, 0.717) is 17.8 Å². The predicted molar refractivity (Wildman–Crippen MR) is 163 cm³/mol. The largest absolute Gasteiger partial charge is 0.0654 e. The monoisotopic (exact) mass is 498 g/mol. The zero-order valence-electron chi connectivity index (χ0n) is 23.5. The zero-order valence-corrected chi connectivity index (χ0v) is 23.5. The first kappa shape index (κ1) is 25.2. The van der Waals surface area contributed by atoms with E-state index in [4.69, 9.17) is 0 Å². The quantitative estimate of drug-likeness (QED) is 0.204. The first-order chi connectivity index (χ1) is 18.8. The van der Waals surface area contributed by atoms with Crippen LogP contribution < -0.4 is 0 Å². The van der Waals surface area contributed by atoms with Crippen molar-refractivity contribution in [2.24, 2.45) is 5.92 Å². The minimum absolute atomic E-state index is 0.479. The average Bonchev–Trinajstić information content (AvgIpc) is 3.47. The Morgan fingerprint density at radius 1 is 0.553 bits per heavy atom. The summed E-state index contributed by atoms with van der Waals surface area (Å²) in [6.07, 6.45) is 9.77. The molecule has 0 saturated heterocycles. The maximum Gasteiger partial charge on any atom is 0.0130 e. The molecule has 2 aliphatic rings. The lowest BCUT2D eigenvalue weighted by molar-refractivity contribution is 0.406. The molecule has 0 fully saturated rings. The van der Waals surface area contributed by atoms with Crippen molar-refractivity contribution >= 4 is 0 Å². The fraction of sp³-hybridized carbons (Fsp3) is 0.368. The van der Waals surface area contributed by atoms with Crippen LogP contribution in [0.3, 0.4) is 0 Å². The molecule has 3 unspecified atom stereocenters. The molecule has 0 N–H and O–H groups in total. The highest BCUT2D eigenvalue weighted by molar-refractivity contribution is 5.83. The lowest BCUT2D eigenvalue weighted by atomic mass is 9.75.